The zero-order chi connectivity index (χ0) is 28.2. The number of nitrogens with zero attached hydrogens (tertiary/aromatic N) is 3. The van der Waals surface area contributed by atoms with Crippen LogP contribution >= 0.6 is 0 Å². The van der Waals surface area contributed by atoms with Crippen molar-refractivity contribution in [3.63, 3.8) is 0 Å². The first-order valence-electron chi connectivity index (χ1n) is 13.7. The largest absolute Gasteiger partial charge is 0.494 e. The summed E-state index contributed by atoms with van der Waals surface area (Å²) in [7, 11) is -3.84. The number of sulfonamides is 1. The van der Waals surface area contributed by atoms with E-state index >= 15 is 0 Å². The number of pyridine rings is 1. The maximum Gasteiger partial charge on any atom is 0.263 e. The van der Waals surface area contributed by atoms with Gasteiger partial charge in [0.1, 0.15) is 4.90 Å². The van der Waals surface area contributed by atoms with E-state index in [1.807, 2.05) is 42.5 Å². The van der Waals surface area contributed by atoms with Crippen LogP contribution in [0.2, 0.25) is 0 Å². The lowest BCUT2D eigenvalue weighted by Crippen LogP contribution is -2.28. The Balaban J connectivity index is 1.38. The molecule has 2 aromatic heterocycles. The Kier molecular flexibility index (Phi) is 7.54. The molecule has 3 heterocycles. The van der Waals surface area contributed by atoms with E-state index in [9.17, 15) is 13.5 Å². The quantitative estimate of drug-likeness (QED) is 0.193. The number of aromatic nitrogens is 2. The van der Waals surface area contributed by atoms with Crippen LogP contribution in [0.15, 0.2) is 107 Å². The second-order valence-electron chi connectivity index (χ2n) is 10.2. The molecule has 5 aromatic rings. The highest BCUT2D eigenvalue weighted by atomic mass is 32.2. The number of hydrogen-bond acceptors (Lipinski definition) is 6. The minimum atomic E-state index is -3.84. The highest BCUT2D eigenvalue weighted by Gasteiger charge is 2.21. The SMILES string of the molecule is O=S(=O)(Nc1ccc2[nH]c(O)c(C(=Nc3ccc(CN4CCCCC4)cc3)c3ccccc3)c2c1)c1cccnc1. The van der Waals surface area contributed by atoms with Gasteiger partial charge in [0.25, 0.3) is 10.0 Å². The minimum Gasteiger partial charge on any atom is -0.494 e. The van der Waals surface area contributed by atoms with Gasteiger partial charge in [-0.25, -0.2) is 13.4 Å². The topological polar surface area (TPSA) is 111 Å². The minimum absolute atomic E-state index is 0.0448. The molecule has 9 heteroatoms. The summed E-state index contributed by atoms with van der Waals surface area (Å²) in [6.07, 6.45) is 6.64. The molecule has 1 saturated heterocycles. The molecule has 3 aromatic carbocycles. The van der Waals surface area contributed by atoms with E-state index in [0.29, 0.717) is 27.9 Å². The lowest BCUT2D eigenvalue weighted by atomic mass is 10.0. The molecule has 0 aliphatic carbocycles. The maximum absolute atomic E-state index is 12.9. The number of benzene rings is 3. The third-order valence-electron chi connectivity index (χ3n) is 7.29. The molecule has 208 valence electrons. The van der Waals surface area contributed by atoms with Crippen molar-refractivity contribution < 1.29 is 13.5 Å². The van der Waals surface area contributed by atoms with Crippen LogP contribution in [-0.2, 0) is 16.6 Å². The molecule has 0 saturated carbocycles. The predicted molar refractivity (Wildman–Crippen MR) is 162 cm³/mol. The smallest absolute Gasteiger partial charge is 0.263 e. The first kappa shape index (κ1) is 26.7. The normalized spacial score (nSPS) is 14.8. The highest BCUT2D eigenvalue weighted by Crippen LogP contribution is 2.34. The molecule has 0 spiro atoms. The van der Waals surface area contributed by atoms with Gasteiger partial charge >= 0.3 is 0 Å². The van der Waals surface area contributed by atoms with E-state index < -0.39 is 10.0 Å². The zero-order valence-corrected chi connectivity index (χ0v) is 23.3. The highest BCUT2D eigenvalue weighted by molar-refractivity contribution is 7.92. The molecule has 1 fully saturated rings. The van der Waals surface area contributed by atoms with E-state index in [0.717, 1.165) is 30.9 Å². The Morgan fingerprint density at radius 3 is 2.46 bits per heavy atom. The van der Waals surface area contributed by atoms with E-state index in [1.165, 1.54) is 43.3 Å². The van der Waals surface area contributed by atoms with Gasteiger partial charge in [-0.3, -0.25) is 14.6 Å². The fraction of sp³-hybridized carbons (Fsp3) is 0.188. The summed E-state index contributed by atoms with van der Waals surface area (Å²) < 4.78 is 28.5. The number of hydrogen-bond donors (Lipinski definition) is 3. The number of aliphatic imine (C=N–C) groups is 1. The third kappa shape index (κ3) is 6.01. The molecular weight excluding hydrogens is 534 g/mol. The fourth-order valence-corrected chi connectivity index (χ4v) is 6.26. The Morgan fingerprint density at radius 2 is 1.73 bits per heavy atom. The Labute approximate surface area is 239 Å². The van der Waals surface area contributed by atoms with Crippen LogP contribution in [0.3, 0.4) is 0 Å². The summed E-state index contributed by atoms with van der Waals surface area (Å²) in [4.78, 5) is 14.5. The van der Waals surface area contributed by atoms with Crippen LogP contribution in [0, 0.1) is 0 Å². The lowest BCUT2D eigenvalue weighted by Gasteiger charge is -2.26. The van der Waals surface area contributed by atoms with E-state index in [-0.39, 0.29) is 10.8 Å². The van der Waals surface area contributed by atoms with Crippen molar-refractivity contribution in [3.8, 4) is 5.88 Å². The molecule has 1 aliphatic heterocycles. The zero-order valence-electron chi connectivity index (χ0n) is 22.5. The van der Waals surface area contributed by atoms with Crippen LogP contribution in [-0.4, -0.2) is 47.2 Å². The molecule has 0 bridgehead atoms. The van der Waals surface area contributed by atoms with Gasteiger partial charge in [-0.2, -0.15) is 0 Å². The summed E-state index contributed by atoms with van der Waals surface area (Å²) in [5, 5.41) is 11.7. The summed E-state index contributed by atoms with van der Waals surface area (Å²) in [5.41, 5.74) is 4.90. The molecule has 6 rings (SSSR count). The van der Waals surface area contributed by atoms with Gasteiger partial charge in [-0.1, -0.05) is 48.9 Å². The maximum atomic E-state index is 12.9. The lowest BCUT2D eigenvalue weighted by molar-refractivity contribution is 0.221. The Morgan fingerprint density at radius 1 is 0.951 bits per heavy atom. The van der Waals surface area contributed by atoms with Gasteiger partial charge in [-0.15, -0.1) is 0 Å². The summed E-state index contributed by atoms with van der Waals surface area (Å²) in [6.45, 7) is 3.20. The van der Waals surface area contributed by atoms with Gasteiger partial charge in [-0.05, 0) is 74.0 Å². The van der Waals surface area contributed by atoms with Gasteiger partial charge in [0.2, 0.25) is 0 Å². The summed E-state index contributed by atoms with van der Waals surface area (Å²) >= 11 is 0. The molecule has 3 N–H and O–H groups in total. The molecule has 0 atom stereocenters. The molecule has 0 radical (unpaired) electrons. The molecule has 0 amide bonds. The third-order valence-corrected chi connectivity index (χ3v) is 8.66. The number of piperidine rings is 1. The van der Waals surface area contributed by atoms with Crippen LogP contribution < -0.4 is 4.72 Å². The van der Waals surface area contributed by atoms with Crippen LogP contribution in [0.25, 0.3) is 10.9 Å². The number of rotatable bonds is 8. The van der Waals surface area contributed by atoms with Gasteiger partial charge in [0.15, 0.2) is 5.88 Å². The number of nitrogens with one attached hydrogen (secondary N) is 2. The number of aromatic amines is 1. The average Bonchev–Trinajstić information content (AvgIpc) is 3.32. The second kappa shape index (κ2) is 11.6. The first-order valence-corrected chi connectivity index (χ1v) is 15.2. The summed E-state index contributed by atoms with van der Waals surface area (Å²) in [5.74, 6) is -0.0448. The number of aromatic hydroxyl groups is 1. The molecular formula is C32H31N5O3S. The Bertz CT molecular complexity index is 1780. The van der Waals surface area contributed by atoms with Crippen molar-refractivity contribution in [1.29, 1.82) is 0 Å². The fourth-order valence-electron chi connectivity index (χ4n) is 5.24. The monoisotopic (exact) mass is 565 g/mol. The van der Waals surface area contributed by atoms with Crippen LogP contribution in [0.5, 0.6) is 5.88 Å². The molecule has 8 nitrogen and oxygen atoms in total. The van der Waals surface area contributed by atoms with Crippen molar-refractivity contribution in [2.45, 2.75) is 30.7 Å². The number of likely N-dealkylation sites (tertiary alicyclic amines) is 1. The van der Waals surface area contributed by atoms with Crippen molar-refractivity contribution in [3.05, 3.63) is 114 Å². The van der Waals surface area contributed by atoms with E-state index in [1.54, 1.807) is 24.3 Å². The van der Waals surface area contributed by atoms with Crippen LogP contribution in [0.4, 0.5) is 11.4 Å². The predicted octanol–water partition coefficient (Wildman–Crippen LogP) is 6.22. The van der Waals surface area contributed by atoms with Gasteiger partial charge < -0.3 is 10.1 Å². The summed E-state index contributed by atoms with van der Waals surface area (Å²) in [6, 6.07) is 26.0. The number of H-pyrrole nitrogens is 1. The van der Waals surface area contributed by atoms with E-state index in [2.05, 4.69) is 31.7 Å². The van der Waals surface area contributed by atoms with Crippen LogP contribution in [0.1, 0.15) is 36.0 Å². The second-order valence-corrected chi connectivity index (χ2v) is 11.9. The average molecular weight is 566 g/mol. The van der Waals surface area contributed by atoms with Crippen molar-refractivity contribution >= 4 is 38.0 Å². The van der Waals surface area contributed by atoms with Crippen molar-refractivity contribution in [2.75, 3.05) is 17.8 Å². The Hall–Kier alpha value is -4.47. The van der Waals surface area contributed by atoms with Crippen molar-refractivity contribution in [2.24, 2.45) is 4.99 Å². The number of fused-ring (bicyclic) bond motifs is 1. The first-order chi connectivity index (χ1) is 20.0. The molecule has 1 aliphatic rings. The van der Waals surface area contributed by atoms with Gasteiger partial charge in [0, 0.05) is 41.1 Å². The standard InChI is InChI=1S/C32H31N5O3S/c38-32-30(28-20-26(15-16-29(28)35-32)36-41(39,40)27-10-7-17-33-21-27)31(24-8-3-1-4-9-24)34-25-13-11-23(12-14-25)22-37-18-5-2-6-19-37/h1,3-4,7-17,20-21,35-36,38H,2,5-6,18-19,22H2. The van der Waals surface area contributed by atoms with E-state index in [4.69, 9.17) is 4.99 Å². The molecule has 41 heavy (non-hydrogen) atoms. The molecule has 0 unspecified atom stereocenters. The van der Waals surface area contributed by atoms with Gasteiger partial charge in [0.05, 0.1) is 17.0 Å². The van der Waals surface area contributed by atoms with Crippen molar-refractivity contribution in [1.82, 2.24) is 14.9 Å². The number of anilines is 1.